The van der Waals surface area contributed by atoms with E-state index in [9.17, 15) is 0 Å². The summed E-state index contributed by atoms with van der Waals surface area (Å²) in [7, 11) is 0. The maximum absolute atomic E-state index is 8.89. The molecule has 18 heavy (non-hydrogen) atoms. The highest BCUT2D eigenvalue weighted by molar-refractivity contribution is 5.68. The summed E-state index contributed by atoms with van der Waals surface area (Å²) in [6, 6.07) is 3.81. The number of hydrogen-bond acceptors (Lipinski definition) is 5. The Morgan fingerprint density at radius 3 is 2.72 bits per heavy atom. The van der Waals surface area contributed by atoms with E-state index in [0.29, 0.717) is 11.4 Å². The highest BCUT2D eigenvalue weighted by Gasteiger charge is 2.14. The zero-order chi connectivity index (χ0) is 13.1. The third-order valence-corrected chi connectivity index (χ3v) is 2.63. The number of aromatic nitrogens is 3. The maximum atomic E-state index is 8.89. The first-order chi connectivity index (χ1) is 8.63. The zero-order valence-corrected chi connectivity index (χ0v) is 10.3. The first-order valence-electron chi connectivity index (χ1n) is 5.59. The van der Waals surface area contributed by atoms with Gasteiger partial charge in [-0.15, -0.1) is 0 Å². The number of hydrogen-bond donors (Lipinski definition) is 1. The van der Waals surface area contributed by atoms with Gasteiger partial charge in [0.25, 0.3) is 0 Å². The Hall–Kier alpha value is -2.48. The van der Waals surface area contributed by atoms with Crippen LogP contribution in [0.3, 0.4) is 0 Å². The monoisotopic (exact) mass is 239 g/mol. The molecule has 0 aromatic carbocycles. The fourth-order valence-corrected chi connectivity index (χ4v) is 1.84. The lowest BCUT2D eigenvalue weighted by atomic mass is 9.98. The van der Waals surface area contributed by atoms with E-state index in [4.69, 9.17) is 11.0 Å². The molecule has 2 aromatic heterocycles. The Morgan fingerprint density at radius 2 is 2.06 bits per heavy atom. The second kappa shape index (κ2) is 4.80. The first kappa shape index (κ1) is 12.0. The van der Waals surface area contributed by atoms with Crippen LogP contribution in [0.15, 0.2) is 24.8 Å². The number of nitriles is 1. The van der Waals surface area contributed by atoms with E-state index in [2.05, 4.69) is 21.0 Å². The lowest BCUT2D eigenvalue weighted by Crippen LogP contribution is -2.04. The van der Waals surface area contributed by atoms with Crippen LogP contribution in [0.2, 0.25) is 0 Å². The molecule has 0 aliphatic rings. The van der Waals surface area contributed by atoms with Crippen molar-refractivity contribution in [1.29, 1.82) is 5.26 Å². The topological polar surface area (TPSA) is 88.5 Å². The van der Waals surface area contributed by atoms with Crippen LogP contribution in [-0.4, -0.2) is 15.0 Å². The maximum Gasteiger partial charge on any atom is 0.130 e. The van der Waals surface area contributed by atoms with Crippen molar-refractivity contribution in [3.8, 4) is 17.3 Å². The molecular formula is C13H13N5. The van der Waals surface area contributed by atoms with E-state index < -0.39 is 0 Å². The molecule has 0 unspecified atom stereocenters. The van der Waals surface area contributed by atoms with E-state index in [0.717, 1.165) is 16.8 Å². The van der Waals surface area contributed by atoms with Gasteiger partial charge in [0.2, 0.25) is 0 Å². The summed E-state index contributed by atoms with van der Waals surface area (Å²) in [5.74, 6) is 0.671. The van der Waals surface area contributed by atoms with Crippen LogP contribution in [-0.2, 0) is 0 Å². The minimum atomic E-state index is 0.201. The minimum Gasteiger partial charge on any atom is -0.383 e. The van der Waals surface area contributed by atoms with Gasteiger partial charge < -0.3 is 5.73 Å². The zero-order valence-electron chi connectivity index (χ0n) is 10.3. The van der Waals surface area contributed by atoms with Crippen molar-refractivity contribution in [3.63, 3.8) is 0 Å². The molecule has 90 valence electrons. The van der Waals surface area contributed by atoms with Crippen LogP contribution >= 0.6 is 0 Å². The highest BCUT2D eigenvalue weighted by Crippen LogP contribution is 2.30. The molecule has 5 heteroatoms. The summed E-state index contributed by atoms with van der Waals surface area (Å²) in [6.07, 6.45) is 4.62. The number of nitrogens with two attached hydrogens (primary N) is 1. The summed E-state index contributed by atoms with van der Waals surface area (Å²) in [6.45, 7) is 4.06. The molecule has 0 aliphatic carbocycles. The normalized spacial score (nSPS) is 10.3. The predicted octanol–water partition coefficient (Wildman–Crippen LogP) is 2.12. The van der Waals surface area contributed by atoms with Gasteiger partial charge in [0.1, 0.15) is 18.2 Å². The molecular weight excluding hydrogens is 226 g/mol. The van der Waals surface area contributed by atoms with Crippen LogP contribution in [0.4, 0.5) is 5.82 Å². The van der Waals surface area contributed by atoms with Crippen LogP contribution in [0.1, 0.15) is 30.9 Å². The third-order valence-electron chi connectivity index (χ3n) is 2.63. The van der Waals surface area contributed by atoms with Crippen molar-refractivity contribution in [2.75, 3.05) is 5.73 Å². The molecule has 2 N–H and O–H groups in total. The van der Waals surface area contributed by atoms with Gasteiger partial charge in [0.05, 0.1) is 11.3 Å². The SMILES string of the molecule is CC(C)c1c(N)ncnc1-c1cncc(C#N)c1. The van der Waals surface area contributed by atoms with Gasteiger partial charge in [0.15, 0.2) is 0 Å². The first-order valence-corrected chi connectivity index (χ1v) is 5.59. The number of anilines is 1. The van der Waals surface area contributed by atoms with Gasteiger partial charge in [-0.1, -0.05) is 13.8 Å². The molecule has 0 bridgehead atoms. The summed E-state index contributed by atoms with van der Waals surface area (Å²) in [5, 5.41) is 8.89. The largest absolute Gasteiger partial charge is 0.383 e. The van der Waals surface area contributed by atoms with E-state index in [1.54, 1.807) is 12.3 Å². The number of nitrogens with zero attached hydrogens (tertiary/aromatic N) is 4. The van der Waals surface area contributed by atoms with Crippen molar-refractivity contribution in [3.05, 3.63) is 35.9 Å². The fraction of sp³-hybridized carbons (Fsp3) is 0.231. The summed E-state index contributed by atoms with van der Waals surface area (Å²) in [5.41, 5.74) is 8.80. The number of rotatable bonds is 2. The fourth-order valence-electron chi connectivity index (χ4n) is 1.84. The second-order valence-electron chi connectivity index (χ2n) is 4.25. The lowest BCUT2D eigenvalue weighted by Gasteiger charge is -2.13. The van der Waals surface area contributed by atoms with Crippen LogP contribution < -0.4 is 5.73 Å². The lowest BCUT2D eigenvalue weighted by molar-refractivity contribution is 0.854. The quantitative estimate of drug-likeness (QED) is 0.867. The third kappa shape index (κ3) is 2.13. The van der Waals surface area contributed by atoms with Crippen molar-refractivity contribution < 1.29 is 0 Å². The van der Waals surface area contributed by atoms with Gasteiger partial charge in [-0.2, -0.15) is 5.26 Å². The summed E-state index contributed by atoms with van der Waals surface area (Å²) >= 11 is 0. The standard InChI is InChI=1S/C13H13N5/c1-8(2)11-12(17-7-18-13(11)15)10-3-9(4-14)5-16-6-10/h3,5-8H,1-2H3,(H2,15,17,18). The smallest absolute Gasteiger partial charge is 0.130 e. The van der Waals surface area contributed by atoms with E-state index in [1.807, 2.05) is 13.8 Å². The highest BCUT2D eigenvalue weighted by atomic mass is 14.9. The van der Waals surface area contributed by atoms with Gasteiger partial charge >= 0.3 is 0 Å². The molecule has 0 radical (unpaired) electrons. The molecule has 0 saturated carbocycles. The summed E-state index contributed by atoms with van der Waals surface area (Å²) < 4.78 is 0. The van der Waals surface area contributed by atoms with Crippen molar-refractivity contribution in [2.24, 2.45) is 0 Å². The molecule has 2 aromatic rings. The van der Waals surface area contributed by atoms with Gasteiger partial charge in [-0.25, -0.2) is 9.97 Å². The minimum absolute atomic E-state index is 0.201. The van der Waals surface area contributed by atoms with Crippen LogP contribution in [0.5, 0.6) is 0 Å². The molecule has 0 aliphatic heterocycles. The molecule has 0 atom stereocenters. The Morgan fingerprint density at radius 1 is 1.28 bits per heavy atom. The predicted molar refractivity (Wildman–Crippen MR) is 68.5 cm³/mol. The molecule has 5 nitrogen and oxygen atoms in total. The molecule has 0 spiro atoms. The Kier molecular flexibility index (Phi) is 3.20. The van der Waals surface area contributed by atoms with E-state index in [-0.39, 0.29) is 5.92 Å². The molecule has 2 rings (SSSR count). The number of pyridine rings is 1. The van der Waals surface area contributed by atoms with Crippen LogP contribution in [0, 0.1) is 11.3 Å². The van der Waals surface area contributed by atoms with Crippen LogP contribution in [0.25, 0.3) is 11.3 Å². The van der Waals surface area contributed by atoms with Gasteiger partial charge in [-0.3, -0.25) is 4.98 Å². The van der Waals surface area contributed by atoms with Crippen molar-refractivity contribution in [2.45, 2.75) is 19.8 Å². The molecule has 2 heterocycles. The summed E-state index contributed by atoms with van der Waals surface area (Å²) in [4.78, 5) is 12.3. The van der Waals surface area contributed by atoms with Crippen molar-refractivity contribution >= 4 is 5.82 Å². The van der Waals surface area contributed by atoms with E-state index >= 15 is 0 Å². The van der Waals surface area contributed by atoms with Crippen molar-refractivity contribution in [1.82, 2.24) is 15.0 Å². The van der Waals surface area contributed by atoms with E-state index in [1.165, 1.54) is 12.5 Å². The Bertz CT molecular complexity index is 613. The Labute approximate surface area is 105 Å². The molecule has 0 saturated heterocycles. The average Bonchev–Trinajstić information content (AvgIpc) is 2.38. The Balaban J connectivity index is 2.64. The second-order valence-corrected chi connectivity index (χ2v) is 4.25. The molecule has 0 amide bonds. The average molecular weight is 239 g/mol. The number of nitrogen functional groups attached to an aromatic ring is 1. The van der Waals surface area contributed by atoms with Gasteiger partial charge in [0, 0.05) is 23.5 Å². The van der Waals surface area contributed by atoms with Gasteiger partial charge in [-0.05, 0) is 12.0 Å². The molecule has 0 fully saturated rings.